The molecule has 6 nitrogen and oxygen atoms in total. The monoisotopic (exact) mass is 224 g/mol. The number of carbonyl (C=O) groups is 3. The quantitative estimate of drug-likeness (QED) is 0.730. The van der Waals surface area contributed by atoms with E-state index in [1.165, 1.54) is 0 Å². The molecule has 0 aliphatic heterocycles. The molecule has 0 aliphatic carbocycles. The van der Waals surface area contributed by atoms with Gasteiger partial charge in [-0.05, 0) is 13.8 Å². The van der Waals surface area contributed by atoms with E-state index in [1.807, 2.05) is 0 Å². The number of primary amides is 1. The van der Waals surface area contributed by atoms with Gasteiger partial charge in [0.15, 0.2) is 0 Å². The van der Waals surface area contributed by atoms with Gasteiger partial charge >= 0.3 is 0 Å². The van der Waals surface area contributed by atoms with Crippen molar-refractivity contribution in [1.82, 2.24) is 0 Å². The molecule has 1 aromatic heterocycles. The molecule has 16 heavy (non-hydrogen) atoms. The highest BCUT2D eigenvalue weighted by Crippen LogP contribution is 2.25. The van der Waals surface area contributed by atoms with Gasteiger partial charge in [-0.2, -0.15) is 0 Å². The highest BCUT2D eigenvalue weighted by Gasteiger charge is 2.21. The van der Waals surface area contributed by atoms with Crippen molar-refractivity contribution in [1.29, 1.82) is 0 Å². The van der Waals surface area contributed by atoms with Crippen molar-refractivity contribution in [2.24, 2.45) is 5.73 Å². The minimum atomic E-state index is -0.851. The molecule has 6 heteroatoms. The molecule has 2 amide bonds. The maximum Gasteiger partial charge on any atom is 0.293 e. The lowest BCUT2D eigenvalue weighted by Crippen LogP contribution is -2.22. The van der Waals surface area contributed by atoms with Gasteiger partial charge in [0.1, 0.15) is 11.3 Å². The molecule has 0 bridgehead atoms. The predicted molar refractivity (Wildman–Crippen MR) is 56.0 cm³/mol. The SMILES string of the molecule is CC(=O)C(=O)Nc1oc(C)c(C)c1C(N)=O. The Morgan fingerprint density at radius 1 is 1.25 bits per heavy atom. The van der Waals surface area contributed by atoms with Crippen molar-refractivity contribution in [2.75, 3.05) is 5.32 Å². The Morgan fingerprint density at radius 2 is 1.81 bits per heavy atom. The Hall–Kier alpha value is -2.11. The Morgan fingerprint density at radius 3 is 2.25 bits per heavy atom. The number of ketones is 1. The molecule has 1 aromatic rings. The number of anilines is 1. The summed E-state index contributed by atoms with van der Waals surface area (Å²) in [5.74, 6) is -1.86. The predicted octanol–water partition coefficient (Wildman–Crippen LogP) is 0.523. The number of nitrogens with two attached hydrogens (primary N) is 1. The number of Topliss-reactive ketones (excluding diaryl/α,β-unsaturated/α-hetero) is 1. The van der Waals surface area contributed by atoms with Gasteiger partial charge in [0.2, 0.25) is 11.7 Å². The second-order valence-corrected chi connectivity index (χ2v) is 3.36. The van der Waals surface area contributed by atoms with Crippen LogP contribution in [0.2, 0.25) is 0 Å². The number of hydrogen-bond donors (Lipinski definition) is 2. The summed E-state index contributed by atoms with van der Waals surface area (Å²) in [6.07, 6.45) is 0. The van der Waals surface area contributed by atoms with E-state index in [2.05, 4.69) is 5.32 Å². The molecule has 86 valence electrons. The zero-order valence-electron chi connectivity index (χ0n) is 9.21. The molecule has 1 rings (SSSR count). The van der Waals surface area contributed by atoms with Crippen molar-refractivity contribution in [3.05, 3.63) is 16.9 Å². The fraction of sp³-hybridized carbons (Fsp3) is 0.300. The molecule has 0 fully saturated rings. The molecule has 0 aromatic carbocycles. The van der Waals surface area contributed by atoms with Gasteiger partial charge < -0.3 is 10.2 Å². The van der Waals surface area contributed by atoms with Gasteiger partial charge in [0, 0.05) is 12.5 Å². The number of nitrogens with one attached hydrogen (secondary N) is 1. The molecule has 0 unspecified atom stereocenters. The van der Waals surface area contributed by atoms with E-state index in [4.69, 9.17) is 10.2 Å². The molecular formula is C10H12N2O4. The molecule has 0 saturated heterocycles. The second-order valence-electron chi connectivity index (χ2n) is 3.36. The van der Waals surface area contributed by atoms with Crippen LogP contribution in [0.25, 0.3) is 0 Å². The van der Waals surface area contributed by atoms with Crippen molar-refractivity contribution >= 4 is 23.5 Å². The Kier molecular flexibility index (Phi) is 3.12. The number of hydrogen-bond acceptors (Lipinski definition) is 4. The van der Waals surface area contributed by atoms with Crippen LogP contribution in [-0.2, 0) is 9.59 Å². The first kappa shape index (κ1) is 12.0. The average Bonchev–Trinajstić information content (AvgIpc) is 2.42. The van der Waals surface area contributed by atoms with Crippen molar-refractivity contribution < 1.29 is 18.8 Å². The molecule has 0 saturated carbocycles. The number of rotatable bonds is 3. The van der Waals surface area contributed by atoms with E-state index < -0.39 is 17.6 Å². The number of furan rings is 1. The number of aryl methyl sites for hydroxylation is 1. The average molecular weight is 224 g/mol. The number of amides is 2. The third kappa shape index (κ3) is 2.10. The summed E-state index contributed by atoms with van der Waals surface area (Å²) in [6.45, 7) is 4.38. The van der Waals surface area contributed by atoms with Crippen LogP contribution in [0, 0.1) is 13.8 Å². The molecule has 1 heterocycles. The van der Waals surface area contributed by atoms with Crippen LogP contribution in [-0.4, -0.2) is 17.6 Å². The standard InChI is InChI=1S/C10H12N2O4/c1-4-6(3)16-10(7(4)8(11)14)12-9(15)5(2)13/h1-3H3,(H2,11,14)(H,12,15). The normalized spacial score (nSPS) is 9.94. The summed E-state index contributed by atoms with van der Waals surface area (Å²) >= 11 is 0. The van der Waals surface area contributed by atoms with E-state index in [-0.39, 0.29) is 11.4 Å². The van der Waals surface area contributed by atoms with Gasteiger partial charge in [-0.3, -0.25) is 19.7 Å². The highest BCUT2D eigenvalue weighted by molar-refractivity contribution is 6.39. The lowest BCUT2D eigenvalue weighted by molar-refractivity contribution is -0.133. The summed E-state index contributed by atoms with van der Waals surface area (Å²) in [4.78, 5) is 33.0. The number of carbonyl (C=O) groups excluding carboxylic acids is 3. The molecule has 0 aliphatic rings. The van der Waals surface area contributed by atoms with Crippen molar-refractivity contribution in [3.63, 3.8) is 0 Å². The van der Waals surface area contributed by atoms with Gasteiger partial charge in [0.25, 0.3) is 11.8 Å². The van der Waals surface area contributed by atoms with Gasteiger partial charge in [-0.25, -0.2) is 0 Å². The van der Waals surface area contributed by atoms with E-state index in [1.54, 1.807) is 13.8 Å². The second kappa shape index (κ2) is 4.18. The maximum absolute atomic E-state index is 11.1. The summed E-state index contributed by atoms with van der Waals surface area (Å²) in [5, 5.41) is 2.20. The minimum Gasteiger partial charge on any atom is -0.444 e. The molecule has 0 atom stereocenters. The van der Waals surface area contributed by atoms with Crippen LogP contribution in [0.3, 0.4) is 0 Å². The molecule has 3 N–H and O–H groups in total. The van der Waals surface area contributed by atoms with Crippen molar-refractivity contribution in [2.45, 2.75) is 20.8 Å². The van der Waals surface area contributed by atoms with E-state index in [0.717, 1.165) is 6.92 Å². The van der Waals surface area contributed by atoms with Gasteiger partial charge in [-0.1, -0.05) is 0 Å². The summed E-state index contributed by atoms with van der Waals surface area (Å²) < 4.78 is 5.14. The van der Waals surface area contributed by atoms with Crippen LogP contribution in [0.5, 0.6) is 0 Å². The molecule has 0 radical (unpaired) electrons. The lowest BCUT2D eigenvalue weighted by atomic mass is 10.1. The fourth-order valence-corrected chi connectivity index (χ4v) is 1.20. The first-order valence-electron chi connectivity index (χ1n) is 4.56. The van der Waals surface area contributed by atoms with Crippen LogP contribution in [0.15, 0.2) is 4.42 Å². The first-order chi connectivity index (χ1) is 7.34. The van der Waals surface area contributed by atoms with Gasteiger partial charge in [-0.15, -0.1) is 0 Å². The fourth-order valence-electron chi connectivity index (χ4n) is 1.20. The Bertz CT molecular complexity index is 473. The summed E-state index contributed by atoms with van der Waals surface area (Å²) in [6, 6.07) is 0. The van der Waals surface area contributed by atoms with Crippen molar-refractivity contribution in [3.8, 4) is 0 Å². The highest BCUT2D eigenvalue weighted by atomic mass is 16.4. The Labute approximate surface area is 91.8 Å². The maximum atomic E-state index is 11.1. The first-order valence-corrected chi connectivity index (χ1v) is 4.56. The smallest absolute Gasteiger partial charge is 0.293 e. The zero-order valence-corrected chi connectivity index (χ0v) is 9.21. The van der Waals surface area contributed by atoms with Crippen LogP contribution in [0.4, 0.5) is 5.88 Å². The van der Waals surface area contributed by atoms with E-state index in [0.29, 0.717) is 11.3 Å². The third-order valence-corrected chi connectivity index (χ3v) is 2.18. The summed E-state index contributed by atoms with van der Waals surface area (Å²) in [7, 11) is 0. The van der Waals surface area contributed by atoms with Gasteiger partial charge in [0.05, 0.1) is 0 Å². The minimum absolute atomic E-state index is 0.0808. The Balaban J connectivity index is 3.14. The third-order valence-electron chi connectivity index (χ3n) is 2.18. The van der Waals surface area contributed by atoms with Crippen LogP contribution < -0.4 is 11.1 Å². The zero-order chi connectivity index (χ0) is 12.5. The van der Waals surface area contributed by atoms with E-state index >= 15 is 0 Å². The van der Waals surface area contributed by atoms with Crippen LogP contribution >= 0.6 is 0 Å². The topological polar surface area (TPSA) is 102 Å². The lowest BCUT2D eigenvalue weighted by Gasteiger charge is -2.00. The van der Waals surface area contributed by atoms with E-state index in [9.17, 15) is 14.4 Å². The molecule has 0 spiro atoms. The molecular weight excluding hydrogens is 212 g/mol. The summed E-state index contributed by atoms with van der Waals surface area (Å²) in [5.41, 5.74) is 5.78. The largest absolute Gasteiger partial charge is 0.444 e. The van der Waals surface area contributed by atoms with Crippen LogP contribution in [0.1, 0.15) is 28.6 Å².